The Morgan fingerprint density at radius 2 is 0.769 bits per heavy atom. The zero-order valence-corrected chi connectivity index (χ0v) is 36.1. The summed E-state index contributed by atoms with van der Waals surface area (Å²) in [7, 11) is 0. The Morgan fingerprint density at radius 3 is 1.37 bits per heavy atom. The summed E-state index contributed by atoms with van der Waals surface area (Å²) in [6, 6.07) is 87.9. The molecule has 1 spiro atoms. The Balaban J connectivity index is 1.02. The monoisotopic (exact) mass is 848 g/mol. The van der Waals surface area contributed by atoms with Gasteiger partial charge < -0.3 is 14.2 Å². The second-order valence-corrected chi connectivity index (χ2v) is 17.9. The maximum absolute atomic E-state index is 7.32. The first-order chi connectivity index (χ1) is 32.3. The number of hydrogen-bond donors (Lipinski definition) is 0. The second kappa shape index (κ2) is 15.0. The maximum Gasteiger partial charge on any atom is 0.159 e. The Kier molecular flexibility index (Phi) is 8.68. The SMILES string of the molecule is c1ccc(-c2ccc(N(c3ccccc3)c3cccc4c3oc3c(N(c5ccccc5)c5ccc6c(c5)C5(c7ccccc7Sc7ccccc75)c5ccccc5-6)cccc34)cc2)cc1. The van der Waals surface area contributed by atoms with E-state index in [0.29, 0.717) is 0 Å². The summed E-state index contributed by atoms with van der Waals surface area (Å²) in [6.07, 6.45) is 0. The zero-order valence-electron chi connectivity index (χ0n) is 35.3. The molecule has 0 saturated heterocycles. The normalized spacial score (nSPS) is 13.0. The number of rotatable bonds is 7. The summed E-state index contributed by atoms with van der Waals surface area (Å²) in [4.78, 5) is 7.27. The fraction of sp³-hybridized carbons (Fsp3) is 0.0164. The van der Waals surface area contributed by atoms with Crippen molar-refractivity contribution in [2.45, 2.75) is 15.2 Å². The summed E-state index contributed by atoms with van der Waals surface area (Å²) in [6.45, 7) is 0. The molecule has 4 heteroatoms. The van der Waals surface area contributed by atoms with E-state index >= 15 is 0 Å². The van der Waals surface area contributed by atoms with Gasteiger partial charge in [0.05, 0.1) is 16.8 Å². The van der Waals surface area contributed by atoms with E-state index in [2.05, 4.69) is 252 Å². The molecule has 0 atom stereocenters. The van der Waals surface area contributed by atoms with Gasteiger partial charge in [0.1, 0.15) is 0 Å². The lowest BCUT2D eigenvalue weighted by atomic mass is 9.67. The van der Waals surface area contributed by atoms with Crippen molar-refractivity contribution in [1.29, 1.82) is 0 Å². The molecule has 3 nitrogen and oxygen atoms in total. The first-order valence-corrected chi connectivity index (χ1v) is 23.0. The molecular weight excluding hydrogens is 809 g/mol. The van der Waals surface area contributed by atoms with E-state index in [1.165, 1.54) is 54.3 Å². The van der Waals surface area contributed by atoms with Crippen LogP contribution in [0.1, 0.15) is 22.3 Å². The van der Waals surface area contributed by atoms with Gasteiger partial charge in [0, 0.05) is 43.3 Å². The first-order valence-electron chi connectivity index (χ1n) is 22.2. The number of benzene rings is 10. The van der Waals surface area contributed by atoms with Gasteiger partial charge in [-0.2, -0.15) is 0 Å². The first kappa shape index (κ1) is 37.5. The van der Waals surface area contributed by atoms with E-state index in [1.54, 1.807) is 0 Å². The Morgan fingerprint density at radius 1 is 0.323 bits per heavy atom. The smallest absolute Gasteiger partial charge is 0.159 e. The minimum absolute atomic E-state index is 0.497. The molecule has 1 aliphatic heterocycles. The van der Waals surface area contributed by atoms with Gasteiger partial charge in [-0.1, -0.05) is 182 Å². The number of anilines is 6. The molecule has 0 saturated carbocycles. The highest BCUT2D eigenvalue weighted by molar-refractivity contribution is 7.99. The molecule has 1 aliphatic carbocycles. The van der Waals surface area contributed by atoms with Crippen LogP contribution in [0, 0.1) is 0 Å². The Hall–Kier alpha value is -8.05. The van der Waals surface area contributed by atoms with Gasteiger partial charge in [-0.05, 0) is 117 Å². The highest BCUT2D eigenvalue weighted by Gasteiger charge is 2.50. The highest BCUT2D eigenvalue weighted by Crippen LogP contribution is 2.63. The quantitative estimate of drug-likeness (QED) is 0.159. The molecule has 0 radical (unpaired) electrons. The molecule has 306 valence electrons. The largest absolute Gasteiger partial charge is 0.452 e. The zero-order chi connectivity index (χ0) is 42.9. The van der Waals surface area contributed by atoms with E-state index < -0.39 is 5.41 Å². The fourth-order valence-electron chi connectivity index (χ4n) is 10.6. The van der Waals surface area contributed by atoms with Crippen molar-refractivity contribution in [2.75, 3.05) is 9.80 Å². The molecule has 10 aromatic carbocycles. The average molecular weight is 849 g/mol. The van der Waals surface area contributed by atoms with Gasteiger partial charge in [0.15, 0.2) is 11.2 Å². The third kappa shape index (κ3) is 5.77. The molecule has 0 fully saturated rings. The van der Waals surface area contributed by atoms with Gasteiger partial charge in [0.25, 0.3) is 0 Å². The standard InChI is InChI=1S/C61H40N2OS/c1-4-18-41(19-5-1)42-34-36-45(37-35-42)62(43-20-6-2-7-21-43)55-30-16-25-49-50-26-17-31-56(60(50)64-59(49)55)63(44-22-8-3-9-23-44)46-38-39-48-47-24-10-11-27-51(47)61(54(48)40-46)52-28-12-14-32-57(52)65-58-33-15-13-29-53(58)61/h1-40H. The van der Waals surface area contributed by atoms with Crippen molar-refractivity contribution in [3.63, 3.8) is 0 Å². The minimum Gasteiger partial charge on any atom is -0.452 e. The Labute approximate surface area is 382 Å². The van der Waals surface area contributed by atoms with Gasteiger partial charge in [-0.15, -0.1) is 0 Å². The molecule has 13 rings (SSSR count). The summed E-state index contributed by atoms with van der Waals surface area (Å²) >= 11 is 1.87. The third-order valence-corrected chi connectivity index (χ3v) is 14.5. The molecule has 2 aliphatic rings. The molecule has 11 aromatic rings. The highest BCUT2D eigenvalue weighted by atomic mass is 32.2. The molecule has 0 unspecified atom stereocenters. The summed E-state index contributed by atoms with van der Waals surface area (Å²) in [5, 5.41) is 2.12. The Bertz CT molecular complexity index is 3540. The van der Waals surface area contributed by atoms with Crippen molar-refractivity contribution in [3.8, 4) is 22.3 Å². The number of nitrogens with zero attached hydrogens (tertiary/aromatic N) is 2. The van der Waals surface area contributed by atoms with E-state index in [4.69, 9.17) is 4.42 Å². The van der Waals surface area contributed by atoms with Crippen molar-refractivity contribution < 1.29 is 4.42 Å². The van der Waals surface area contributed by atoms with Crippen LogP contribution >= 0.6 is 11.8 Å². The van der Waals surface area contributed by atoms with Crippen molar-refractivity contribution in [3.05, 3.63) is 265 Å². The van der Waals surface area contributed by atoms with Gasteiger partial charge >= 0.3 is 0 Å². The lowest BCUT2D eigenvalue weighted by Crippen LogP contribution is -2.32. The van der Waals surface area contributed by atoms with Crippen LogP contribution in [-0.2, 0) is 5.41 Å². The minimum atomic E-state index is -0.497. The van der Waals surface area contributed by atoms with Crippen LogP contribution in [0.3, 0.4) is 0 Å². The molecule has 0 bridgehead atoms. The molecule has 0 amide bonds. The van der Waals surface area contributed by atoms with Gasteiger partial charge in [-0.25, -0.2) is 0 Å². The van der Waals surface area contributed by atoms with Crippen molar-refractivity contribution in [2.24, 2.45) is 0 Å². The van der Waals surface area contributed by atoms with E-state index in [1.807, 2.05) is 11.8 Å². The van der Waals surface area contributed by atoms with Crippen LogP contribution in [0.4, 0.5) is 34.1 Å². The number of furan rings is 1. The van der Waals surface area contributed by atoms with Gasteiger partial charge in [-0.3, -0.25) is 0 Å². The van der Waals surface area contributed by atoms with Crippen molar-refractivity contribution >= 4 is 67.8 Å². The van der Waals surface area contributed by atoms with E-state index in [0.717, 1.165) is 56.1 Å². The van der Waals surface area contributed by atoms with Crippen LogP contribution in [-0.4, -0.2) is 0 Å². The lowest BCUT2D eigenvalue weighted by molar-refractivity contribution is 0.669. The third-order valence-electron chi connectivity index (χ3n) is 13.3. The molecule has 2 heterocycles. The lowest BCUT2D eigenvalue weighted by Gasteiger charge is -2.40. The second-order valence-electron chi connectivity index (χ2n) is 16.8. The van der Waals surface area contributed by atoms with Crippen molar-refractivity contribution in [1.82, 2.24) is 0 Å². The average Bonchev–Trinajstić information content (AvgIpc) is 3.90. The molecular formula is C61H40N2OS. The van der Waals surface area contributed by atoms with Gasteiger partial charge in [0.2, 0.25) is 0 Å². The molecule has 65 heavy (non-hydrogen) atoms. The maximum atomic E-state index is 7.32. The number of hydrogen-bond acceptors (Lipinski definition) is 4. The predicted octanol–water partition coefficient (Wildman–Crippen LogP) is 17.0. The molecule has 0 N–H and O–H groups in total. The fourth-order valence-corrected chi connectivity index (χ4v) is 11.8. The topological polar surface area (TPSA) is 19.6 Å². The predicted molar refractivity (Wildman–Crippen MR) is 270 cm³/mol. The number of fused-ring (bicyclic) bond motifs is 12. The number of para-hydroxylation sites is 4. The van der Waals surface area contributed by atoms with Crippen LogP contribution in [0.25, 0.3) is 44.2 Å². The van der Waals surface area contributed by atoms with Crippen LogP contribution in [0.5, 0.6) is 0 Å². The summed E-state index contributed by atoms with van der Waals surface area (Å²) in [5.74, 6) is 0. The van der Waals surface area contributed by atoms with Crippen LogP contribution in [0.2, 0.25) is 0 Å². The summed E-state index contributed by atoms with van der Waals surface area (Å²) < 4.78 is 7.32. The van der Waals surface area contributed by atoms with Crippen LogP contribution < -0.4 is 9.80 Å². The summed E-state index contributed by atoms with van der Waals surface area (Å²) in [5.41, 5.74) is 17.5. The van der Waals surface area contributed by atoms with E-state index in [-0.39, 0.29) is 0 Å². The van der Waals surface area contributed by atoms with Crippen LogP contribution in [0.15, 0.2) is 257 Å². The molecule has 1 aromatic heterocycles. The van der Waals surface area contributed by atoms with E-state index in [9.17, 15) is 0 Å².